The van der Waals surface area contributed by atoms with Gasteiger partial charge in [0.1, 0.15) is 0 Å². The number of rotatable bonds is 2. The first-order chi connectivity index (χ1) is 11.2. The van der Waals surface area contributed by atoms with Crippen molar-refractivity contribution in [1.82, 2.24) is 14.6 Å². The van der Waals surface area contributed by atoms with Crippen LogP contribution in [0.3, 0.4) is 0 Å². The molecule has 0 radical (unpaired) electrons. The number of hydrogen-bond acceptors (Lipinski definition) is 2. The molecule has 5 heteroatoms. The van der Waals surface area contributed by atoms with Gasteiger partial charge in [-0.05, 0) is 35.9 Å². The zero-order valence-electron chi connectivity index (χ0n) is 11.9. The SMILES string of the molecule is Clc1cccc(-c2cnn3c(-c4ccc(Br)cc4)ccnc23)c1. The van der Waals surface area contributed by atoms with E-state index in [0.29, 0.717) is 5.02 Å². The molecular formula is C18H11BrClN3. The Morgan fingerprint density at radius 2 is 1.78 bits per heavy atom. The van der Waals surface area contributed by atoms with Gasteiger partial charge < -0.3 is 0 Å². The molecule has 0 unspecified atom stereocenters. The van der Waals surface area contributed by atoms with Crippen molar-refractivity contribution in [3.05, 3.63) is 76.5 Å². The van der Waals surface area contributed by atoms with Crippen LogP contribution in [0.1, 0.15) is 0 Å². The number of benzene rings is 2. The standard InChI is InChI=1S/C18H11BrClN3/c19-14-6-4-12(5-7-14)17-8-9-21-18-16(11-22-23(17)18)13-2-1-3-15(20)10-13/h1-11H. The predicted octanol–water partition coefficient (Wildman–Crippen LogP) is 5.48. The Morgan fingerprint density at radius 1 is 0.957 bits per heavy atom. The van der Waals surface area contributed by atoms with Crippen molar-refractivity contribution in [2.75, 3.05) is 0 Å². The van der Waals surface area contributed by atoms with E-state index in [2.05, 4.69) is 38.1 Å². The van der Waals surface area contributed by atoms with Crippen LogP contribution in [0, 0.1) is 0 Å². The lowest BCUT2D eigenvalue weighted by Gasteiger charge is -2.05. The lowest BCUT2D eigenvalue weighted by molar-refractivity contribution is 0.948. The van der Waals surface area contributed by atoms with E-state index < -0.39 is 0 Å². The van der Waals surface area contributed by atoms with Crippen molar-refractivity contribution in [2.45, 2.75) is 0 Å². The first-order valence-corrected chi connectivity index (χ1v) is 8.24. The second-order valence-corrected chi connectivity index (χ2v) is 6.49. The van der Waals surface area contributed by atoms with Crippen molar-refractivity contribution in [1.29, 1.82) is 0 Å². The highest BCUT2D eigenvalue weighted by Crippen LogP contribution is 2.28. The van der Waals surface area contributed by atoms with Crippen LogP contribution in [0.4, 0.5) is 0 Å². The molecule has 0 fully saturated rings. The molecule has 0 spiro atoms. The smallest absolute Gasteiger partial charge is 0.163 e. The minimum Gasteiger partial charge on any atom is -0.236 e. The fourth-order valence-electron chi connectivity index (χ4n) is 2.59. The molecule has 0 aliphatic heterocycles. The molecule has 0 N–H and O–H groups in total. The van der Waals surface area contributed by atoms with Gasteiger partial charge in [0.2, 0.25) is 0 Å². The van der Waals surface area contributed by atoms with E-state index in [1.54, 1.807) is 0 Å². The Labute approximate surface area is 146 Å². The van der Waals surface area contributed by atoms with Crippen LogP contribution >= 0.6 is 27.5 Å². The summed E-state index contributed by atoms with van der Waals surface area (Å²) < 4.78 is 2.91. The van der Waals surface area contributed by atoms with Gasteiger partial charge in [-0.1, -0.05) is 51.8 Å². The van der Waals surface area contributed by atoms with Gasteiger partial charge in [0.15, 0.2) is 5.65 Å². The zero-order valence-corrected chi connectivity index (χ0v) is 14.3. The molecule has 2 aromatic carbocycles. The number of fused-ring (bicyclic) bond motifs is 1. The molecule has 0 aliphatic rings. The summed E-state index contributed by atoms with van der Waals surface area (Å²) in [7, 11) is 0. The maximum Gasteiger partial charge on any atom is 0.163 e. The normalized spacial score (nSPS) is 11.0. The first kappa shape index (κ1) is 14.4. The molecule has 3 nitrogen and oxygen atoms in total. The molecule has 0 aliphatic carbocycles. The molecule has 4 rings (SSSR count). The van der Waals surface area contributed by atoms with Gasteiger partial charge in [0.05, 0.1) is 11.9 Å². The third kappa shape index (κ3) is 2.64. The average Bonchev–Trinajstić information content (AvgIpc) is 3.00. The minimum absolute atomic E-state index is 0.700. The minimum atomic E-state index is 0.700. The number of hydrogen-bond donors (Lipinski definition) is 0. The number of halogens is 2. The zero-order chi connectivity index (χ0) is 15.8. The molecule has 23 heavy (non-hydrogen) atoms. The van der Waals surface area contributed by atoms with Crippen molar-refractivity contribution < 1.29 is 0 Å². The fraction of sp³-hybridized carbons (Fsp3) is 0. The van der Waals surface area contributed by atoms with Gasteiger partial charge in [0, 0.05) is 26.8 Å². The third-order valence-corrected chi connectivity index (χ3v) is 4.44. The molecule has 0 saturated heterocycles. The Hall–Kier alpha value is -2.17. The summed E-state index contributed by atoms with van der Waals surface area (Å²) in [5.74, 6) is 0. The highest BCUT2D eigenvalue weighted by atomic mass is 79.9. The molecule has 112 valence electrons. The quantitative estimate of drug-likeness (QED) is 0.458. The molecule has 4 aromatic rings. The van der Waals surface area contributed by atoms with E-state index in [9.17, 15) is 0 Å². The van der Waals surface area contributed by atoms with E-state index in [1.165, 1.54) is 0 Å². The van der Waals surface area contributed by atoms with Gasteiger partial charge in [0.25, 0.3) is 0 Å². The Balaban J connectivity index is 1.91. The summed E-state index contributed by atoms with van der Waals surface area (Å²) in [5.41, 5.74) is 4.87. The molecule has 0 bridgehead atoms. The van der Waals surface area contributed by atoms with E-state index in [4.69, 9.17) is 11.6 Å². The van der Waals surface area contributed by atoms with Crippen LogP contribution in [0.15, 0.2) is 71.5 Å². The summed E-state index contributed by atoms with van der Waals surface area (Å²) in [4.78, 5) is 4.50. The van der Waals surface area contributed by atoms with Gasteiger partial charge >= 0.3 is 0 Å². The van der Waals surface area contributed by atoms with Crippen LogP contribution in [-0.4, -0.2) is 14.6 Å². The maximum absolute atomic E-state index is 6.10. The summed E-state index contributed by atoms with van der Waals surface area (Å²) in [6.07, 6.45) is 3.64. The first-order valence-electron chi connectivity index (χ1n) is 7.07. The molecule has 0 saturated carbocycles. The largest absolute Gasteiger partial charge is 0.236 e. The Kier molecular flexibility index (Phi) is 3.63. The summed E-state index contributed by atoms with van der Waals surface area (Å²) in [6, 6.07) is 17.8. The third-order valence-electron chi connectivity index (χ3n) is 3.68. The molecular weight excluding hydrogens is 374 g/mol. The summed E-state index contributed by atoms with van der Waals surface area (Å²) in [6.45, 7) is 0. The molecule has 0 amide bonds. The van der Waals surface area contributed by atoms with Crippen LogP contribution in [0.5, 0.6) is 0 Å². The Morgan fingerprint density at radius 3 is 2.57 bits per heavy atom. The van der Waals surface area contributed by atoms with E-state index in [1.807, 2.05) is 59.4 Å². The highest BCUT2D eigenvalue weighted by molar-refractivity contribution is 9.10. The summed E-state index contributed by atoms with van der Waals surface area (Å²) >= 11 is 9.56. The van der Waals surface area contributed by atoms with Crippen molar-refractivity contribution >= 4 is 33.2 Å². The van der Waals surface area contributed by atoms with Crippen LogP contribution in [0.25, 0.3) is 28.0 Å². The second-order valence-electron chi connectivity index (χ2n) is 5.14. The van der Waals surface area contributed by atoms with Gasteiger partial charge in [-0.2, -0.15) is 5.10 Å². The topological polar surface area (TPSA) is 30.2 Å². The maximum atomic E-state index is 6.10. The number of aromatic nitrogens is 3. The van der Waals surface area contributed by atoms with E-state index >= 15 is 0 Å². The Bertz CT molecular complexity index is 993. The van der Waals surface area contributed by atoms with Crippen molar-refractivity contribution in [3.8, 4) is 22.4 Å². The number of nitrogens with zero attached hydrogens (tertiary/aromatic N) is 3. The van der Waals surface area contributed by atoms with Crippen molar-refractivity contribution in [3.63, 3.8) is 0 Å². The van der Waals surface area contributed by atoms with Crippen LogP contribution in [0.2, 0.25) is 5.02 Å². The predicted molar refractivity (Wildman–Crippen MR) is 96.6 cm³/mol. The monoisotopic (exact) mass is 383 g/mol. The van der Waals surface area contributed by atoms with Crippen LogP contribution < -0.4 is 0 Å². The highest BCUT2D eigenvalue weighted by Gasteiger charge is 2.11. The van der Waals surface area contributed by atoms with Gasteiger partial charge in [-0.15, -0.1) is 0 Å². The lowest BCUT2D eigenvalue weighted by Crippen LogP contribution is -1.95. The van der Waals surface area contributed by atoms with Crippen molar-refractivity contribution in [2.24, 2.45) is 0 Å². The van der Waals surface area contributed by atoms with Crippen LogP contribution in [-0.2, 0) is 0 Å². The summed E-state index contributed by atoms with van der Waals surface area (Å²) in [5, 5.41) is 5.22. The molecule has 0 atom stereocenters. The fourth-order valence-corrected chi connectivity index (χ4v) is 3.05. The van der Waals surface area contributed by atoms with Gasteiger partial charge in [-0.3, -0.25) is 0 Å². The van der Waals surface area contributed by atoms with E-state index in [0.717, 1.165) is 32.5 Å². The molecule has 2 aromatic heterocycles. The lowest BCUT2D eigenvalue weighted by atomic mass is 10.1. The average molecular weight is 385 g/mol. The second kappa shape index (κ2) is 5.80. The molecule has 2 heterocycles. The van der Waals surface area contributed by atoms with Gasteiger partial charge in [-0.25, -0.2) is 9.50 Å². The van der Waals surface area contributed by atoms with E-state index in [-0.39, 0.29) is 0 Å².